The maximum Gasteiger partial charge on any atom is 0.218 e. The number of carbonyl (C=O) groups is 1. The Kier molecular flexibility index (Phi) is 3.53. The van der Waals surface area contributed by atoms with Gasteiger partial charge >= 0.3 is 0 Å². The molecule has 82 valence electrons. The fourth-order valence-corrected chi connectivity index (χ4v) is 2.01. The first-order valence-corrected chi connectivity index (χ1v) is 5.40. The Morgan fingerprint density at radius 1 is 1.50 bits per heavy atom. The first-order chi connectivity index (χ1) is 6.39. The molecule has 1 heterocycles. The van der Waals surface area contributed by atoms with Gasteiger partial charge in [-0.1, -0.05) is 20.8 Å². The van der Waals surface area contributed by atoms with Crippen LogP contribution in [0.5, 0.6) is 0 Å². The summed E-state index contributed by atoms with van der Waals surface area (Å²) in [5.41, 5.74) is 5.52. The summed E-state index contributed by atoms with van der Waals surface area (Å²) in [5, 5.41) is 0. The molecule has 1 aliphatic rings. The third-order valence-corrected chi connectivity index (χ3v) is 3.17. The minimum absolute atomic E-state index is 0.191. The lowest BCUT2D eigenvalue weighted by atomic mass is 9.80. The Bertz CT molecular complexity index is 208. The predicted molar refractivity (Wildman–Crippen MR) is 57.8 cm³/mol. The Hall–Kier alpha value is -0.570. The van der Waals surface area contributed by atoms with Gasteiger partial charge in [0.05, 0.1) is 0 Å². The Morgan fingerprint density at radius 3 is 2.57 bits per heavy atom. The van der Waals surface area contributed by atoms with E-state index in [1.54, 1.807) is 0 Å². The summed E-state index contributed by atoms with van der Waals surface area (Å²) in [6.07, 6.45) is 1.75. The first-order valence-electron chi connectivity index (χ1n) is 5.40. The van der Waals surface area contributed by atoms with Gasteiger partial charge in [-0.15, -0.1) is 0 Å². The minimum Gasteiger partial charge on any atom is -0.370 e. The van der Waals surface area contributed by atoms with E-state index >= 15 is 0 Å². The van der Waals surface area contributed by atoms with Crippen molar-refractivity contribution in [1.82, 2.24) is 4.90 Å². The normalized spacial score (nSPS) is 24.1. The Morgan fingerprint density at radius 2 is 2.14 bits per heavy atom. The number of hydrogen-bond acceptors (Lipinski definition) is 2. The molecule has 3 nitrogen and oxygen atoms in total. The highest BCUT2D eigenvalue weighted by atomic mass is 16.1. The number of rotatable bonds is 3. The van der Waals surface area contributed by atoms with Crippen LogP contribution in [0.4, 0.5) is 0 Å². The third-order valence-electron chi connectivity index (χ3n) is 3.17. The van der Waals surface area contributed by atoms with Crippen molar-refractivity contribution in [2.45, 2.75) is 33.6 Å². The van der Waals surface area contributed by atoms with E-state index in [9.17, 15) is 4.79 Å². The van der Waals surface area contributed by atoms with Crippen molar-refractivity contribution in [2.75, 3.05) is 19.6 Å². The van der Waals surface area contributed by atoms with E-state index in [-0.39, 0.29) is 5.91 Å². The van der Waals surface area contributed by atoms with Crippen molar-refractivity contribution in [2.24, 2.45) is 17.1 Å². The monoisotopic (exact) mass is 198 g/mol. The van der Waals surface area contributed by atoms with Gasteiger partial charge in [0.15, 0.2) is 0 Å². The Balaban J connectivity index is 2.31. The van der Waals surface area contributed by atoms with Crippen molar-refractivity contribution in [3.8, 4) is 0 Å². The number of nitrogens with zero attached hydrogens (tertiary/aromatic N) is 1. The van der Waals surface area contributed by atoms with Crippen LogP contribution in [-0.4, -0.2) is 30.4 Å². The van der Waals surface area contributed by atoms with Gasteiger partial charge < -0.3 is 10.6 Å². The SMILES string of the molecule is CC(C)(C)C1CCN(CCC(N)=O)C1. The smallest absolute Gasteiger partial charge is 0.218 e. The van der Waals surface area contributed by atoms with Gasteiger partial charge in [-0.05, 0) is 24.3 Å². The highest BCUT2D eigenvalue weighted by molar-refractivity contribution is 5.73. The molecule has 1 unspecified atom stereocenters. The molecule has 0 bridgehead atoms. The van der Waals surface area contributed by atoms with E-state index < -0.39 is 0 Å². The van der Waals surface area contributed by atoms with Gasteiger partial charge in [-0.25, -0.2) is 0 Å². The zero-order chi connectivity index (χ0) is 10.8. The summed E-state index contributed by atoms with van der Waals surface area (Å²) in [5.74, 6) is 0.569. The summed E-state index contributed by atoms with van der Waals surface area (Å²) >= 11 is 0. The van der Waals surface area contributed by atoms with Crippen molar-refractivity contribution < 1.29 is 4.79 Å². The van der Waals surface area contributed by atoms with Crippen molar-refractivity contribution in [3.63, 3.8) is 0 Å². The lowest BCUT2D eigenvalue weighted by Crippen LogP contribution is -2.28. The lowest BCUT2D eigenvalue weighted by Gasteiger charge is -2.27. The van der Waals surface area contributed by atoms with E-state index in [1.807, 2.05) is 0 Å². The highest BCUT2D eigenvalue weighted by Gasteiger charge is 2.31. The van der Waals surface area contributed by atoms with E-state index in [0.29, 0.717) is 11.8 Å². The maximum atomic E-state index is 10.6. The number of primary amides is 1. The molecule has 1 saturated heterocycles. The standard InChI is InChI=1S/C11H22N2O/c1-11(2,3)9-4-6-13(8-9)7-5-10(12)14/h9H,4-8H2,1-3H3,(H2,12,14). The summed E-state index contributed by atoms with van der Waals surface area (Å²) in [6, 6.07) is 0. The van der Waals surface area contributed by atoms with E-state index in [4.69, 9.17) is 5.73 Å². The van der Waals surface area contributed by atoms with Gasteiger partial charge in [0, 0.05) is 19.5 Å². The average molecular weight is 198 g/mol. The van der Waals surface area contributed by atoms with Crippen LogP contribution in [0, 0.1) is 11.3 Å². The van der Waals surface area contributed by atoms with Gasteiger partial charge in [0.1, 0.15) is 0 Å². The topological polar surface area (TPSA) is 46.3 Å². The maximum absolute atomic E-state index is 10.6. The molecule has 1 rings (SSSR count). The fraction of sp³-hybridized carbons (Fsp3) is 0.909. The third kappa shape index (κ3) is 3.29. The van der Waals surface area contributed by atoms with Crippen LogP contribution < -0.4 is 5.73 Å². The molecule has 1 amide bonds. The van der Waals surface area contributed by atoms with Crippen molar-refractivity contribution in [3.05, 3.63) is 0 Å². The first kappa shape index (κ1) is 11.5. The molecule has 0 aromatic rings. The van der Waals surface area contributed by atoms with Crippen LogP contribution in [0.25, 0.3) is 0 Å². The Labute approximate surface area is 86.6 Å². The number of nitrogens with two attached hydrogens (primary N) is 1. The molecule has 0 aliphatic carbocycles. The second kappa shape index (κ2) is 4.30. The molecule has 2 N–H and O–H groups in total. The molecular formula is C11H22N2O. The minimum atomic E-state index is -0.191. The molecule has 3 heteroatoms. The molecule has 1 aliphatic heterocycles. The van der Waals surface area contributed by atoms with Gasteiger partial charge in [-0.3, -0.25) is 4.79 Å². The zero-order valence-corrected chi connectivity index (χ0v) is 9.55. The van der Waals surface area contributed by atoms with Gasteiger partial charge in [-0.2, -0.15) is 0 Å². The van der Waals surface area contributed by atoms with Gasteiger partial charge in [0.2, 0.25) is 5.91 Å². The molecule has 0 saturated carbocycles. The van der Waals surface area contributed by atoms with Gasteiger partial charge in [0.25, 0.3) is 0 Å². The van der Waals surface area contributed by atoms with E-state index in [1.165, 1.54) is 6.42 Å². The zero-order valence-electron chi connectivity index (χ0n) is 9.55. The van der Waals surface area contributed by atoms with Crippen LogP contribution in [0.2, 0.25) is 0 Å². The van der Waals surface area contributed by atoms with Crippen LogP contribution in [-0.2, 0) is 4.79 Å². The second-order valence-electron chi connectivity index (χ2n) is 5.37. The highest BCUT2D eigenvalue weighted by Crippen LogP contribution is 2.33. The van der Waals surface area contributed by atoms with Crippen LogP contribution in [0.3, 0.4) is 0 Å². The number of carbonyl (C=O) groups excluding carboxylic acids is 1. The second-order valence-corrected chi connectivity index (χ2v) is 5.37. The average Bonchev–Trinajstić information content (AvgIpc) is 2.47. The van der Waals surface area contributed by atoms with Crippen LogP contribution >= 0.6 is 0 Å². The van der Waals surface area contributed by atoms with Crippen molar-refractivity contribution in [1.29, 1.82) is 0 Å². The number of likely N-dealkylation sites (tertiary alicyclic amines) is 1. The molecule has 0 aromatic carbocycles. The van der Waals surface area contributed by atoms with E-state index in [2.05, 4.69) is 25.7 Å². The molecule has 0 spiro atoms. The van der Waals surface area contributed by atoms with Crippen LogP contribution in [0.1, 0.15) is 33.6 Å². The molecule has 1 fully saturated rings. The number of hydrogen-bond donors (Lipinski definition) is 1. The number of amides is 1. The van der Waals surface area contributed by atoms with Crippen molar-refractivity contribution >= 4 is 5.91 Å². The molecule has 0 radical (unpaired) electrons. The summed E-state index contributed by atoms with van der Waals surface area (Å²) in [7, 11) is 0. The quantitative estimate of drug-likeness (QED) is 0.741. The fourth-order valence-electron chi connectivity index (χ4n) is 2.01. The lowest BCUT2D eigenvalue weighted by molar-refractivity contribution is -0.118. The van der Waals surface area contributed by atoms with E-state index in [0.717, 1.165) is 25.6 Å². The molecule has 0 aromatic heterocycles. The largest absolute Gasteiger partial charge is 0.370 e. The summed E-state index contributed by atoms with van der Waals surface area (Å²) in [4.78, 5) is 13.0. The molecule has 14 heavy (non-hydrogen) atoms. The summed E-state index contributed by atoms with van der Waals surface area (Å²) < 4.78 is 0. The van der Waals surface area contributed by atoms with Crippen LogP contribution in [0.15, 0.2) is 0 Å². The predicted octanol–water partition coefficient (Wildman–Crippen LogP) is 1.23. The summed E-state index contributed by atoms with van der Waals surface area (Å²) in [6.45, 7) is 9.94. The molecular weight excluding hydrogens is 176 g/mol. The molecule has 1 atom stereocenters.